The molecule has 3 rings (SSSR count). The molecule has 0 aromatic heterocycles. The quantitative estimate of drug-likeness (QED) is 0.373. The average molecular weight is 465 g/mol. The smallest absolute Gasteiger partial charge is 0.303 e. The maximum absolute atomic E-state index is 12.1. The zero-order valence-electron chi connectivity index (χ0n) is 21.1. The molecule has 0 saturated heterocycles. The number of aliphatic hydroxyl groups is 1. The highest BCUT2D eigenvalue weighted by Crippen LogP contribution is 2.65. The first kappa shape index (κ1) is 25.7. The lowest BCUT2D eigenvalue weighted by atomic mass is 9.43. The van der Waals surface area contributed by atoms with Crippen molar-refractivity contribution in [2.24, 2.45) is 28.6 Å². The van der Waals surface area contributed by atoms with E-state index in [0.717, 1.165) is 18.4 Å². The van der Waals surface area contributed by atoms with Crippen molar-refractivity contribution in [1.82, 2.24) is 0 Å². The molecular formula is C26H40O7. The van der Waals surface area contributed by atoms with Crippen molar-refractivity contribution >= 4 is 17.9 Å². The summed E-state index contributed by atoms with van der Waals surface area (Å²) in [4.78, 5) is 35.6. The first-order chi connectivity index (χ1) is 15.2. The number of carbonyl (C=O) groups is 3. The van der Waals surface area contributed by atoms with Gasteiger partial charge in [0.15, 0.2) is 0 Å². The van der Waals surface area contributed by atoms with Crippen molar-refractivity contribution in [2.45, 2.75) is 98.4 Å². The summed E-state index contributed by atoms with van der Waals surface area (Å²) in [5.74, 6) is -1.10. The molecule has 0 heterocycles. The highest BCUT2D eigenvalue weighted by molar-refractivity contribution is 5.67. The van der Waals surface area contributed by atoms with Gasteiger partial charge in [-0.25, -0.2) is 0 Å². The molecule has 0 aromatic carbocycles. The number of allylic oxidation sites excluding steroid dienone is 1. The largest absolute Gasteiger partial charge is 0.466 e. The van der Waals surface area contributed by atoms with Gasteiger partial charge in [-0.1, -0.05) is 26.3 Å². The van der Waals surface area contributed by atoms with Gasteiger partial charge in [0.1, 0.15) is 12.2 Å². The second kappa shape index (κ2) is 9.05. The Labute approximate surface area is 197 Å². The van der Waals surface area contributed by atoms with Gasteiger partial charge in [-0.2, -0.15) is 0 Å². The fourth-order valence-electron chi connectivity index (χ4n) is 7.19. The summed E-state index contributed by atoms with van der Waals surface area (Å²) in [5.41, 5.74) is -0.812. The Morgan fingerprint density at radius 2 is 1.64 bits per heavy atom. The van der Waals surface area contributed by atoms with Crippen LogP contribution >= 0.6 is 0 Å². The van der Waals surface area contributed by atoms with Crippen LogP contribution in [0.1, 0.15) is 80.6 Å². The van der Waals surface area contributed by atoms with Crippen molar-refractivity contribution in [2.75, 3.05) is 6.61 Å². The lowest BCUT2D eigenvalue weighted by Crippen LogP contribution is -2.66. The van der Waals surface area contributed by atoms with Crippen LogP contribution in [0.25, 0.3) is 0 Å². The van der Waals surface area contributed by atoms with E-state index in [9.17, 15) is 19.5 Å². The Hall–Kier alpha value is -1.89. The molecule has 7 nitrogen and oxygen atoms in total. The third kappa shape index (κ3) is 4.58. The molecule has 0 unspecified atom stereocenters. The van der Waals surface area contributed by atoms with Gasteiger partial charge < -0.3 is 19.3 Å². The van der Waals surface area contributed by atoms with Crippen LogP contribution in [0.3, 0.4) is 0 Å². The standard InChI is InChI=1S/C26H40O7/c1-15-8-9-19-20(24(15,5)12-13-31-16(2)27)14-21(32-17(3)28)23-25(6,30)11-10-22(26(19,23)7)33-18(4)29/h14-15,19,21-23,30H,8-13H2,1-7H3/t15-,19+,21+,22+,23-,24+,25+,26+/m1/s1. The average Bonchev–Trinajstić information content (AvgIpc) is 2.66. The summed E-state index contributed by atoms with van der Waals surface area (Å²) in [7, 11) is 0. The molecule has 2 saturated carbocycles. The highest BCUT2D eigenvalue weighted by Gasteiger charge is 2.65. The monoisotopic (exact) mass is 464 g/mol. The minimum atomic E-state index is -1.08. The molecule has 7 heteroatoms. The second-order valence-electron chi connectivity index (χ2n) is 11.1. The highest BCUT2D eigenvalue weighted by atomic mass is 16.6. The Bertz CT molecular complexity index is 830. The molecule has 0 spiro atoms. The predicted molar refractivity (Wildman–Crippen MR) is 122 cm³/mol. The number of rotatable bonds is 5. The second-order valence-corrected chi connectivity index (χ2v) is 11.1. The first-order valence-electron chi connectivity index (χ1n) is 12.2. The van der Waals surface area contributed by atoms with Crippen LogP contribution in [0.4, 0.5) is 0 Å². The van der Waals surface area contributed by atoms with Crippen molar-refractivity contribution in [3.63, 3.8) is 0 Å². The van der Waals surface area contributed by atoms with E-state index < -0.39 is 35.1 Å². The van der Waals surface area contributed by atoms with E-state index in [1.54, 1.807) is 6.92 Å². The molecule has 33 heavy (non-hydrogen) atoms. The Kier molecular flexibility index (Phi) is 7.05. The molecule has 0 bridgehead atoms. The summed E-state index contributed by atoms with van der Waals surface area (Å²) in [6.45, 7) is 12.8. The third-order valence-electron chi connectivity index (χ3n) is 8.92. The number of fused-ring (bicyclic) bond motifs is 3. The van der Waals surface area contributed by atoms with Crippen molar-refractivity contribution < 1.29 is 33.7 Å². The van der Waals surface area contributed by atoms with Crippen LogP contribution < -0.4 is 0 Å². The summed E-state index contributed by atoms with van der Waals surface area (Å²) in [6.07, 6.45) is 4.54. The Morgan fingerprint density at radius 1 is 1.00 bits per heavy atom. The molecular weight excluding hydrogens is 424 g/mol. The molecule has 8 atom stereocenters. The van der Waals surface area contributed by atoms with E-state index in [1.165, 1.54) is 20.8 Å². The maximum Gasteiger partial charge on any atom is 0.303 e. The Balaban J connectivity index is 2.15. The van der Waals surface area contributed by atoms with Gasteiger partial charge in [0.2, 0.25) is 0 Å². The van der Waals surface area contributed by atoms with E-state index in [-0.39, 0.29) is 23.3 Å². The number of hydrogen-bond acceptors (Lipinski definition) is 7. The van der Waals surface area contributed by atoms with Crippen LogP contribution in [-0.4, -0.2) is 47.4 Å². The number of esters is 3. The molecule has 0 amide bonds. The van der Waals surface area contributed by atoms with Gasteiger partial charge in [0.05, 0.1) is 12.2 Å². The molecule has 3 aliphatic carbocycles. The lowest BCUT2D eigenvalue weighted by Gasteiger charge is -2.63. The molecule has 0 aromatic rings. The molecule has 1 N–H and O–H groups in total. The summed E-state index contributed by atoms with van der Waals surface area (Å²) < 4.78 is 17.0. The SMILES string of the molecule is CC(=O)OCC[C@]1(C)C2=C[C@H](OC(C)=O)[C@H]3[C@](C)([C@@H](OC(C)=O)CC[C@]3(C)O)[C@H]2CC[C@H]1C. The van der Waals surface area contributed by atoms with Gasteiger partial charge in [0, 0.05) is 32.1 Å². The molecule has 3 aliphatic rings. The van der Waals surface area contributed by atoms with Crippen molar-refractivity contribution in [1.29, 1.82) is 0 Å². The zero-order valence-corrected chi connectivity index (χ0v) is 21.1. The molecule has 0 radical (unpaired) electrons. The number of hydrogen-bond donors (Lipinski definition) is 1. The lowest BCUT2D eigenvalue weighted by molar-refractivity contribution is -0.223. The maximum atomic E-state index is 12.1. The van der Waals surface area contributed by atoms with E-state index in [2.05, 4.69) is 20.8 Å². The minimum Gasteiger partial charge on any atom is -0.466 e. The van der Waals surface area contributed by atoms with Crippen LogP contribution in [0, 0.1) is 28.6 Å². The normalized spacial score (nSPS) is 42.3. The number of carbonyl (C=O) groups excluding carboxylic acids is 3. The van der Waals surface area contributed by atoms with E-state index in [0.29, 0.717) is 31.8 Å². The van der Waals surface area contributed by atoms with Crippen LogP contribution in [0.5, 0.6) is 0 Å². The van der Waals surface area contributed by atoms with E-state index in [1.807, 2.05) is 6.08 Å². The third-order valence-corrected chi connectivity index (χ3v) is 8.92. The van der Waals surface area contributed by atoms with Crippen molar-refractivity contribution in [3.8, 4) is 0 Å². The van der Waals surface area contributed by atoms with Gasteiger partial charge in [-0.05, 0) is 62.4 Å². The minimum absolute atomic E-state index is 0.0453. The Morgan fingerprint density at radius 3 is 2.21 bits per heavy atom. The van der Waals surface area contributed by atoms with E-state index in [4.69, 9.17) is 14.2 Å². The van der Waals surface area contributed by atoms with Gasteiger partial charge in [-0.15, -0.1) is 0 Å². The van der Waals surface area contributed by atoms with Crippen LogP contribution in [-0.2, 0) is 28.6 Å². The van der Waals surface area contributed by atoms with Gasteiger partial charge >= 0.3 is 17.9 Å². The topological polar surface area (TPSA) is 99.1 Å². The van der Waals surface area contributed by atoms with Crippen LogP contribution in [0.2, 0.25) is 0 Å². The van der Waals surface area contributed by atoms with Gasteiger partial charge in [-0.3, -0.25) is 14.4 Å². The van der Waals surface area contributed by atoms with Crippen molar-refractivity contribution in [3.05, 3.63) is 11.6 Å². The molecule has 0 aliphatic heterocycles. The fourth-order valence-corrected chi connectivity index (χ4v) is 7.19. The van der Waals surface area contributed by atoms with E-state index >= 15 is 0 Å². The number of ether oxygens (including phenoxy) is 3. The zero-order chi connectivity index (χ0) is 24.8. The summed E-state index contributed by atoms with van der Waals surface area (Å²) >= 11 is 0. The molecule has 2 fully saturated rings. The summed E-state index contributed by atoms with van der Waals surface area (Å²) in [5, 5.41) is 11.5. The van der Waals surface area contributed by atoms with Gasteiger partial charge in [0.25, 0.3) is 0 Å². The molecule has 186 valence electrons. The first-order valence-corrected chi connectivity index (χ1v) is 12.2. The predicted octanol–water partition coefficient (Wildman–Crippen LogP) is 3.96. The van der Waals surface area contributed by atoms with Crippen LogP contribution in [0.15, 0.2) is 11.6 Å². The summed E-state index contributed by atoms with van der Waals surface area (Å²) in [6, 6.07) is 0. The fraction of sp³-hybridized carbons (Fsp3) is 0.808.